The van der Waals surface area contributed by atoms with E-state index in [0.29, 0.717) is 18.4 Å². The molecule has 3 rings (SSSR count). The summed E-state index contributed by atoms with van der Waals surface area (Å²) in [6, 6.07) is 0.0363. The van der Waals surface area contributed by atoms with Crippen molar-refractivity contribution in [3.05, 3.63) is 22.0 Å². The second-order valence-electron chi connectivity index (χ2n) is 6.58. The Balaban J connectivity index is 1.71. The molecule has 1 amide bonds. The average Bonchev–Trinajstić information content (AvgIpc) is 3.20. The Morgan fingerprint density at radius 1 is 1.55 bits per heavy atom. The van der Waals surface area contributed by atoms with Gasteiger partial charge in [-0.15, -0.1) is 0 Å². The number of amides is 1. The summed E-state index contributed by atoms with van der Waals surface area (Å²) in [6.07, 6.45) is 6.32. The summed E-state index contributed by atoms with van der Waals surface area (Å²) in [6.45, 7) is 4.33. The number of fused-ring (bicyclic) bond motifs is 2. The number of nitrogens with one attached hydrogen (secondary N) is 1. The Morgan fingerprint density at radius 2 is 2.32 bits per heavy atom. The Kier molecular flexibility index (Phi) is 3.88. The minimum absolute atomic E-state index is 0.0363. The number of nitro groups is 1. The maximum atomic E-state index is 12.4. The van der Waals surface area contributed by atoms with Crippen molar-refractivity contribution in [2.75, 3.05) is 0 Å². The van der Waals surface area contributed by atoms with Crippen molar-refractivity contribution in [3.63, 3.8) is 0 Å². The van der Waals surface area contributed by atoms with Crippen LogP contribution in [0.1, 0.15) is 50.0 Å². The summed E-state index contributed by atoms with van der Waals surface area (Å²) in [7, 11) is 0. The van der Waals surface area contributed by atoms with Crippen LogP contribution in [0.5, 0.6) is 0 Å². The van der Waals surface area contributed by atoms with E-state index < -0.39 is 10.8 Å². The quantitative estimate of drug-likeness (QED) is 0.668. The first-order valence-corrected chi connectivity index (χ1v) is 8.02. The molecule has 2 saturated carbocycles. The van der Waals surface area contributed by atoms with Gasteiger partial charge in [-0.3, -0.25) is 19.6 Å². The predicted octanol–water partition coefficient (Wildman–Crippen LogP) is 2.37. The summed E-state index contributed by atoms with van der Waals surface area (Å²) in [4.78, 5) is 22.9. The molecule has 0 spiro atoms. The number of carbonyl (C=O) groups excluding carboxylic acids is 1. The lowest BCUT2D eigenvalue weighted by Gasteiger charge is -2.28. The summed E-state index contributed by atoms with van der Waals surface area (Å²) >= 11 is 0. The first-order valence-electron chi connectivity index (χ1n) is 8.02. The van der Waals surface area contributed by atoms with Crippen molar-refractivity contribution < 1.29 is 9.72 Å². The van der Waals surface area contributed by atoms with E-state index in [1.54, 1.807) is 0 Å². The molecule has 120 valence electrons. The van der Waals surface area contributed by atoms with Gasteiger partial charge in [0.1, 0.15) is 6.20 Å². The van der Waals surface area contributed by atoms with E-state index in [-0.39, 0.29) is 17.4 Å². The molecule has 2 aliphatic carbocycles. The third-order valence-corrected chi connectivity index (χ3v) is 5.27. The van der Waals surface area contributed by atoms with E-state index in [1.807, 2.05) is 13.8 Å². The monoisotopic (exact) mass is 306 g/mol. The van der Waals surface area contributed by atoms with Crippen LogP contribution in [-0.2, 0) is 6.54 Å². The summed E-state index contributed by atoms with van der Waals surface area (Å²) < 4.78 is 1.43. The molecule has 0 aliphatic heterocycles. The molecular formula is C15H22N4O3. The lowest BCUT2D eigenvalue weighted by atomic mass is 9.84. The number of aromatic nitrogens is 2. The maximum Gasteiger partial charge on any atom is 0.320 e. The van der Waals surface area contributed by atoms with Crippen molar-refractivity contribution >= 4 is 11.6 Å². The largest absolute Gasteiger partial charge is 0.348 e. The zero-order valence-corrected chi connectivity index (χ0v) is 13.0. The molecule has 1 aromatic heterocycles. The van der Waals surface area contributed by atoms with Crippen LogP contribution in [0.4, 0.5) is 5.69 Å². The van der Waals surface area contributed by atoms with Crippen LogP contribution in [0, 0.1) is 27.9 Å². The fourth-order valence-corrected chi connectivity index (χ4v) is 4.16. The van der Waals surface area contributed by atoms with Gasteiger partial charge in [0.25, 0.3) is 5.91 Å². The van der Waals surface area contributed by atoms with Gasteiger partial charge in [0, 0.05) is 12.6 Å². The number of aryl methyl sites for hydroxylation is 1. The van der Waals surface area contributed by atoms with Gasteiger partial charge in [0.2, 0.25) is 5.69 Å². The van der Waals surface area contributed by atoms with Crippen LogP contribution in [-0.4, -0.2) is 26.7 Å². The second-order valence-corrected chi connectivity index (χ2v) is 6.58. The van der Waals surface area contributed by atoms with Crippen molar-refractivity contribution in [2.24, 2.45) is 17.8 Å². The molecule has 0 radical (unpaired) electrons. The minimum Gasteiger partial charge on any atom is -0.348 e. The van der Waals surface area contributed by atoms with Crippen LogP contribution >= 0.6 is 0 Å². The molecule has 0 aromatic carbocycles. The predicted molar refractivity (Wildman–Crippen MR) is 80.4 cm³/mol. The van der Waals surface area contributed by atoms with E-state index in [2.05, 4.69) is 10.4 Å². The van der Waals surface area contributed by atoms with Gasteiger partial charge in [0.05, 0.1) is 4.92 Å². The smallest absolute Gasteiger partial charge is 0.320 e. The van der Waals surface area contributed by atoms with Crippen molar-refractivity contribution in [2.45, 2.75) is 52.1 Å². The van der Waals surface area contributed by atoms with Crippen molar-refractivity contribution in [1.82, 2.24) is 15.1 Å². The summed E-state index contributed by atoms with van der Waals surface area (Å²) in [5.74, 6) is 1.57. The lowest BCUT2D eigenvalue weighted by molar-refractivity contribution is -0.385. The molecule has 0 unspecified atom stereocenters. The third-order valence-electron chi connectivity index (χ3n) is 5.27. The Morgan fingerprint density at radius 3 is 2.86 bits per heavy atom. The lowest BCUT2D eigenvalue weighted by Crippen LogP contribution is -2.40. The van der Waals surface area contributed by atoms with Gasteiger partial charge in [-0.05, 0) is 50.9 Å². The number of rotatable bonds is 5. The molecular weight excluding hydrogens is 284 g/mol. The first kappa shape index (κ1) is 15.0. The summed E-state index contributed by atoms with van der Waals surface area (Å²) in [5, 5.41) is 18.1. The molecule has 4 atom stereocenters. The molecule has 1 aromatic rings. The SMILES string of the molecule is CCn1cc([N+](=O)[O-])c(C(=O)N[C@@H](C)[C@@H]2C[C@@H]3CC[C@@H]2C3)n1. The van der Waals surface area contributed by atoms with Gasteiger partial charge in [-0.1, -0.05) is 6.42 Å². The highest BCUT2D eigenvalue weighted by Gasteiger charge is 2.42. The number of hydrogen-bond acceptors (Lipinski definition) is 4. The number of hydrogen-bond donors (Lipinski definition) is 1. The molecule has 0 saturated heterocycles. The third kappa shape index (κ3) is 2.60. The molecule has 1 heterocycles. The van der Waals surface area contributed by atoms with Gasteiger partial charge in [-0.2, -0.15) is 5.10 Å². The van der Waals surface area contributed by atoms with E-state index in [0.717, 1.165) is 12.3 Å². The van der Waals surface area contributed by atoms with E-state index in [9.17, 15) is 14.9 Å². The van der Waals surface area contributed by atoms with Crippen LogP contribution in [0.2, 0.25) is 0 Å². The fraction of sp³-hybridized carbons (Fsp3) is 0.733. The van der Waals surface area contributed by atoms with E-state index >= 15 is 0 Å². The van der Waals surface area contributed by atoms with E-state index in [1.165, 1.54) is 30.1 Å². The topological polar surface area (TPSA) is 90.1 Å². The van der Waals surface area contributed by atoms with E-state index in [4.69, 9.17) is 0 Å². The van der Waals surface area contributed by atoms with Crippen LogP contribution < -0.4 is 5.32 Å². The zero-order chi connectivity index (χ0) is 15.9. The Hall–Kier alpha value is -1.92. The second kappa shape index (κ2) is 5.70. The molecule has 2 fully saturated rings. The minimum atomic E-state index is -0.545. The first-order chi connectivity index (χ1) is 10.5. The highest BCUT2D eigenvalue weighted by Crippen LogP contribution is 2.49. The van der Waals surface area contributed by atoms with Crippen molar-refractivity contribution in [1.29, 1.82) is 0 Å². The van der Waals surface area contributed by atoms with Gasteiger partial charge < -0.3 is 5.32 Å². The Bertz CT molecular complexity index is 598. The average molecular weight is 306 g/mol. The summed E-state index contributed by atoms with van der Waals surface area (Å²) in [5.41, 5.74) is -0.304. The number of carbonyl (C=O) groups is 1. The molecule has 2 bridgehead atoms. The zero-order valence-electron chi connectivity index (χ0n) is 13.0. The molecule has 22 heavy (non-hydrogen) atoms. The molecule has 7 heteroatoms. The van der Waals surface area contributed by atoms with Crippen LogP contribution in [0.25, 0.3) is 0 Å². The molecule has 2 aliphatic rings. The molecule has 1 N–H and O–H groups in total. The Labute approximate surface area is 129 Å². The fourth-order valence-electron chi connectivity index (χ4n) is 4.16. The van der Waals surface area contributed by atoms with Gasteiger partial charge >= 0.3 is 5.69 Å². The van der Waals surface area contributed by atoms with Crippen LogP contribution in [0.3, 0.4) is 0 Å². The standard InChI is InChI=1S/C15H22N4O3/c1-3-18-8-13(19(21)22)14(17-18)15(20)16-9(2)12-7-10-4-5-11(12)6-10/h8-12H,3-7H2,1-2H3,(H,16,20)/t9-,10+,11+,12-/m0/s1. The van der Waals surface area contributed by atoms with Crippen molar-refractivity contribution in [3.8, 4) is 0 Å². The van der Waals surface area contributed by atoms with Crippen LogP contribution in [0.15, 0.2) is 6.20 Å². The van der Waals surface area contributed by atoms with Gasteiger partial charge in [-0.25, -0.2) is 0 Å². The highest BCUT2D eigenvalue weighted by molar-refractivity contribution is 5.96. The van der Waals surface area contributed by atoms with Gasteiger partial charge in [0.15, 0.2) is 0 Å². The maximum absolute atomic E-state index is 12.4. The number of nitrogens with zero attached hydrogens (tertiary/aromatic N) is 3. The molecule has 7 nitrogen and oxygen atoms in total. The highest BCUT2D eigenvalue weighted by atomic mass is 16.6. The normalized spacial score (nSPS) is 27.8.